The average Bonchev–Trinajstić information content (AvgIpc) is 3.19. The van der Waals surface area contributed by atoms with Crippen molar-refractivity contribution in [1.29, 1.82) is 0 Å². The molecule has 0 spiro atoms. The number of hydrogen-bond acceptors (Lipinski definition) is 6. The highest BCUT2D eigenvalue weighted by atomic mass is 32.2. The number of amides is 1. The molecule has 0 bridgehead atoms. The molecule has 3 heterocycles. The molecule has 5 rings (SSSR count). The third-order valence-electron chi connectivity index (χ3n) is 5.21. The second-order valence-electron chi connectivity index (χ2n) is 7.50. The molecule has 0 aliphatic carbocycles. The minimum atomic E-state index is -0.185. The molecular weight excluding hydrogens is 434 g/mol. The first-order chi connectivity index (χ1) is 16.1. The summed E-state index contributed by atoms with van der Waals surface area (Å²) in [6.45, 7) is 2.20. The van der Waals surface area contributed by atoms with Gasteiger partial charge in [0.25, 0.3) is 5.91 Å². The smallest absolute Gasteiger partial charge is 0.251 e. The monoisotopic (exact) mass is 455 g/mol. The van der Waals surface area contributed by atoms with E-state index in [1.807, 2.05) is 67.6 Å². The normalized spacial score (nSPS) is 12.2. The number of nitrogens with one attached hydrogen (secondary N) is 1. The van der Waals surface area contributed by atoms with E-state index in [2.05, 4.69) is 16.4 Å². The number of nitrogens with zero attached hydrogens (tertiary/aromatic N) is 2. The molecule has 164 valence electrons. The summed E-state index contributed by atoms with van der Waals surface area (Å²) in [5.41, 5.74) is 3.68. The Morgan fingerprint density at radius 3 is 2.73 bits per heavy atom. The van der Waals surface area contributed by atoms with Gasteiger partial charge in [-0.05, 0) is 49.4 Å². The first kappa shape index (κ1) is 21.0. The lowest BCUT2D eigenvalue weighted by molar-refractivity contribution is 0.0948. The van der Waals surface area contributed by atoms with Gasteiger partial charge in [0, 0.05) is 27.0 Å². The molecule has 0 atom stereocenters. The lowest BCUT2D eigenvalue weighted by Crippen LogP contribution is -2.22. The zero-order chi connectivity index (χ0) is 22.8. The Bertz CT molecular complexity index is 1380. The van der Waals surface area contributed by atoms with Crippen LogP contribution in [0.5, 0.6) is 5.88 Å². The van der Waals surface area contributed by atoms with Gasteiger partial charge in [-0.3, -0.25) is 4.79 Å². The number of pyridine rings is 1. The van der Waals surface area contributed by atoms with Crippen molar-refractivity contribution in [2.24, 2.45) is 4.99 Å². The molecule has 2 aromatic carbocycles. The predicted octanol–water partition coefficient (Wildman–Crippen LogP) is 5.56. The number of hydrogen-bond donors (Lipinski definition) is 1. The van der Waals surface area contributed by atoms with Crippen molar-refractivity contribution < 1.29 is 13.9 Å². The summed E-state index contributed by atoms with van der Waals surface area (Å²) in [6.07, 6.45) is 0. The topological polar surface area (TPSA) is 76.7 Å². The fourth-order valence-electron chi connectivity index (χ4n) is 3.59. The molecule has 1 aliphatic heterocycles. The van der Waals surface area contributed by atoms with Crippen LogP contribution in [0.15, 0.2) is 92.0 Å². The zero-order valence-corrected chi connectivity index (χ0v) is 19.0. The Kier molecular flexibility index (Phi) is 5.71. The van der Waals surface area contributed by atoms with E-state index in [0.717, 1.165) is 32.5 Å². The number of ether oxygens (including phenoxy) is 1. The number of aliphatic imine (C=N–C) groups is 1. The summed E-state index contributed by atoms with van der Waals surface area (Å²) in [4.78, 5) is 24.4. The van der Waals surface area contributed by atoms with Gasteiger partial charge in [0.15, 0.2) is 0 Å². The highest BCUT2D eigenvalue weighted by Gasteiger charge is 2.21. The average molecular weight is 456 g/mol. The second-order valence-corrected chi connectivity index (χ2v) is 8.59. The maximum atomic E-state index is 12.8. The molecule has 0 radical (unpaired) electrons. The summed E-state index contributed by atoms with van der Waals surface area (Å²) in [5.74, 6) is 1.86. The fourth-order valence-corrected chi connectivity index (χ4v) is 4.59. The Balaban J connectivity index is 1.52. The standard InChI is InChI=1S/C26H21N3O3S/c1-16-10-12-18(32-16)15-27-26(30)17-11-13-23-21(14-17)29-25(19-6-3-4-8-22(19)33-23)20-7-5-9-24(28-20)31-2/h3-14H,15H2,1-2H3,(H,27,30). The minimum Gasteiger partial charge on any atom is -0.481 e. The molecule has 4 aromatic rings. The Morgan fingerprint density at radius 1 is 1.03 bits per heavy atom. The van der Waals surface area contributed by atoms with Gasteiger partial charge in [-0.2, -0.15) is 0 Å². The number of methoxy groups -OCH3 is 1. The van der Waals surface area contributed by atoms with E-state index in [-0.39, 0.29) is 5.91 Å². The van der Waals surface area contributed by atoms with Gasteiger partial charge >= 0.3 is 0 Å². The van der Waals surface area contributed by atoms with Crippen LogP contribution in [0.25, 0.3) is 0 Å². The van der Waals surface area contributed by atoms with Crippen molar-refractivity contribution >= 4 is 29.1 Å². The van der Waals surface area contributed by atoms with Crippen molar-refractivity contribution in [3.63, 3.8) is 0 Å². The number of rotatable bonds is 5. The fraction of sp³-hybridized carbons (Fsp3) is 0.115. The summed E-state index contributed by atoms with van der Waals surface area (Å²) in [7, 11) is 1.59. The van der Waals surface area contributed by atoms with Crippen LogP contribution in [0, 0.1) is 6.92 Å². The van der Waals surface area contributed by atoms with Crippen LogP contribution in [0.3, 0.4) is 0 Å². The van der Waals surface area contributed by atoms with E-state index in [9.17, 15) is 4.79 Å². The Labute approximate surface area is 195 Å². The molecule has 6 nitrogen and oxygen atoms in total. The number of aromatic nitrogens is 1. The zero-order valence-electron chi connectivity index (χ0n) is 18.2. The van der Waals surface area contributed by atoms with Crippen molar-refractivity contribution in [3.05, 3.63) is 101 Å². The van der Waals surface area contributed by atoms with Crippen LogP contribution in [0.1, 0.15) is 33.1 Å². The SMILES string of the molecule is COc1cccc(C2=Nc3cc(C(=O)NCc4ccc(C)o4)ccc3Sc3ccccc32)n1. The largest absolute Gasteiger partial charge is 0.481 e. The number of furan rings is 1. The van der Waals surface area contributed by atoms with Crippen molar-refractivity contribution in [3.8, 4) is 5.88 Å². The summed E-state index contributed by atoms with van der Waals surface area (Å²) in [5, 5.41) is 2.91. The number of benzene rings is 2. The predicted molar refractivity (Wildman–Crippen MR) is 128 cm³/mol. The molecule has 1 amide bonds. The van der Waals surface area contributed by atoms with E-state index >= 15 is 0 Å². The third-order valence-corrected chi connectivity index (χ3v) is 6.35. The van der Waals surface area contributed by atoms with Crippen LogP contribution in [0.4, 0.5) is 5.69 Å². The van der Waals surface area contributed by atoms with Gasteiger partial charge in [-0.1, -0.05) is 36.0 Å². The highest BCUT2D eigenvalue weighted by Crippen LogP contribution is 2.41. The molecule has 33 heavy (non-hydrogen) atoms. The Morgan fingerprint density at radius 2 is 1.91 bits per heavy atom. The molecule has 0 fully saturated rings. The first-order valence-electron chi connectivity index (χ1n) is 10.5. The lowest BCUT2D eigenvalue weighted by Gasteiger charge is -2.09. The van der Waals surface area contributed by atoms with Crippen LogP contribution >= 0.6 is 11.8 Å². The second kappa shape index (κ2) is 8.96. The lowest BCUT2D eigenvalue weighted by atomic mass is 10.1. The first-order valence-corrected chi connectivity index (χ1v) is 11.3. The quantitative estimate of drug-likeness (QED) is 0.376. The van der Waals surface area contributed by atoms with E-state index in [4.69, 9.17) is 14.1 Å². The van der Waals surface area contributed by atoms with E-state index in [1.165, 1.54) is 0 Å². The van der Waals surface area contributed by atoms with Gasteiger partial charge in [0.1, 0.15) is 11.5 Å². The van der Waals surface area contributed by atoms with Crippen LogP contribution in [0.2, 0.25) is 0 Å². The maximum Gasteiger partial charge on any atom is 0.251 e. The minimum absolute atomic E-state index is 0.185. The van der Waals surface area contributed by atoms with Gasteiger partial charge in [0.2, 0.25) is 5.88 Å². The van der Waals surface area contributed by atoms with Gasteiger partial charge in [-0.25, -0.2) is 9.98 Å². The highest BCUT2D eigenvalue weighted by molar-refractivity contribution is 7.99. The molecule has 7 heteroatoms. The molecule has 1 aliphatic rings. The van der Waals surface area contributed by atoms with Crippen molar-refractivity contribution in [2.75, 3.05) is 7.11 Å². The number of carbonyl (C=O) groups is 1. The summed E-state index contributed by atoms with van der Waals surface area (Å²) < 4.78 is 10.9. The molecule has 2 aromatic heterocycles. The van der Waals surface area contributed by atoms with Gasteiger partial charge in [0.05, 0.1) is 30.7 Å². The van der Waals surface area contributed by atoms with Crippen molar-refractivity contribution in [2.45, 2.75) is 23.3 Å². The summed E-state index contributed by atoms with van der Waals surface area (Å²) in [6, 6.07) is 23.0. The Hall–Kier alpha value is -3.84. The number of fused-ring (bicyclic) bond motifs is 2. The molecule has 1 N–H and O–H groups in total. The van der Waals surface area contributed by atoms with Gasteiger partial charge in [-0.15, -0.1) is 0 Å². The van der Waals surface area contributed by atoms with Crippen LogP contribution in [-0.2, 0) is 6.54 Å². The van der Waals surface area contributed by atoms with Crippen LogP contribution in [-0.4, -0.2) is 23.7 Å². The molecule has 0 saturated heterocycles. The van der Waals surface area contributed by atoms with E-state index in [0.29, 0.717) is 29.4 Å². The number of aryl methyl sites for hydroxylation is 1. The third kappa shape index (κ3) is 4.40. The molecule has 0 saturated carbocycles. The van der Waals surface area contributed by atoms with Gasteiger partial charge < -0.3 is 14.5 Å². The summed E-state index contributed by atoms with van der Waals surface area (Å²) >= 11 is 1.62. The molecular formula is C26H21N3O3S. The van der Waals surface area contributed by atoms with E-state index < -0.39 is 0 Å². The maximum absolute atomic E-state index is 12.8. The van der Waals surface area contributed by atoms with Crippen LogP contribution < -0.4 is 10.1 Å². The van der Waals surface area contributed by atoms with Crippen molar-refractivity contribution in [1.82, 2.24) is 10.3 Å². The van der Waals surface area contributed by atoms with E-state index in [1.54, 1.807) is 24.9 Å². The molecule has 0 unspecified atom stereocenters. The number of carbonyl (C=O) groups excluding carboxylic acids is 1.